The minimum absolute atomic E-state index is 0.0944. The van der Waals surface area contributed by atoms with Crippen molar-refractivity contribution < 1.29 is 14.5 Å². The second kappa shape index (κ2) is 7.45. The van der Waals surface area contributed by atoms with Crippen LogP contribution in [0.15, 0.2) is 89.7 Å². The van der Waals surface area contributed by atoms with Crippen molar-refractivity contribution in [1.29, 1.82) is 0 Å². The van der Waals surface area contributed by atoms with Crippen molar-refractivity contribution in [1.82, 2.24) is 9.47 Å². The number of rotatable bonds is 2. The predicted octanol–water partition coefficient (Wildman–Crippen LogP) is 3.15. The highest BCUT2D eigenvalue weighted by Crippen LogP contribution is 2.37. The quantitative estimate of drug-likeness (QED) is 0.454. The third-order valence-electron chi connectivity index (χ3n) is 6.56. The molecule has 1 atom stereocenters. The molecule has 0 spiro atoms. The first kappa shape index (κ1) is 19.5. The number of benzene rings is 3. The van der Waals surface area contributed by atoms with Gasteiger partial charge in [0.15, 0.2) is 0 Å². The molecule has 1 amide bonds. The van der Waals surface area contributed by atoms with Gasteiger partial charge in [0.2, 0.25) is 0 Å². The highest BCUT2D eigenvalue weighted by Gasteiger charge is 2.44. The van der Waals surface area contributed by atoms with Gasteiger partial charge in [0, 0.05) is 6.54 Å². The smallest absolute Gasteiger partial charge is 0.349 e. The maximum absolute atomic E-state index is 14.0. The summed E-state index contributed by atoms with van der Waals surface area (Å²) in [4.78, 5) is 29.3. The number of para-hydroxylation sites is 2. The van der Waals surface area contributed by atoms with E-state index in [0.717, 1.165) is 6.42 Å². The van der Waals surface area contributed by atoms with E-state index in [2.05, 4.69) is 0 Å². The molecule has 0 unspecified atom stereocenters. The molecule has 1 aromatic heterocycles. The van der Waals surface area contributed by atoms with Crippen molar-refractivity contribution >= 4 is 5.91 Å². The molecule has 33 heavy (non-hydrogen) atoms. The highest BCUT2D eigenvalue weighted by atomic mass is 16.3. The second-order valence-corrected chi connectivity index (χ2v) is 8.39. The summed E-state index contributed by atoms with van der Waals surface area (Å²) in [5, 5.41) is 14.0. The van der Waals surface area contributed by atoms with Crippen molar-refractivity contribution in [2.75, 3.05) is 6.54 Å². The van der Waals surface area contributed by atoms with Crippen LogP contribution in [0.1, 0.15) is 35.1 Å². The van der Waals surface area contributed by atoms with Crippen LogP contribution in [-0.4, -0.2) is 21.9 Å². The second-order valence-electron chi connectivity index (χ2n) is 8.39. The van der Waals surface area contributed by atoms with E-state index >= 15 is 0 Å². The largest absolute Gasteiger partial charge is 0.841 e. The Morgan fingerprint density at radius 2 is 1.52 bits per heavy atom. The fourth-order valence-corrected chi connectivity index (χ4v) is 5.11. The molecule has 1 fully saturated rings. The molecule has 0 saturated carbocycles. The Labute approximate surface area is 190 Å². The molecule has 6 heteroatoms. The Hall–Kier alpha value is -4.19. The Balaban J connectivity index is 1.82. The summed E-state index contributed by atoms with van der Waals surface area (Å²) in [6, 6.07) is 25.2. The van der Waals surface area contributed by atoms with Gasteiger partial charge in [-0.1, -0.05) is 60.7 Å². The number of nitrogens with zero attached hydrogens (tertiary/aromatic N) is 3. The van der Waals surface area contributed by atoms with Gasteiger partial charge in [-0.25, -0.2) is 9.36 Å². The minimum Gasteiger partial charge on any atom is -0.841 e. The standard InChI is InChI=1S/C27H21N3O3/c31-25-20-14-7-8-15-21(20)30-24(22-16-9-17-28(22)25)29(19-12-5-2-6-13-19)26(32)23(27(30)33)18-10-3-1-4-11-18/h1-8,10-15,22H,9,16-17H2/t22-/m0/s1. The summed E-state index contributed by atoms with van der Waals surface area (Å²) in [5.74, 6) is 0.0265. The molecule has 0 radical (unpaired) electrons. The molecule has 162 valence electrons. The predicted molar refractivity (Wildman–Crippen MR) is 121 cm³/mol. The Morgan fingerprint density at radius 1 is 0.848 bits per heavy atom. The first-order valence-corrected chi connectivity index (χ1v) is 11.1. The maximum Gasteiger partial charge on any atom is 0.349 e. The van der Waals surface area contributed by atoms with Gasteiger partial charge in [-0.15, -0.1) is 0 Å². The van der Waals surface area contributed by atoms with Crippen molar-refractivity contribution in [2.45, 2.75) is 18.9 Å². The summed E-state index contributed by atoms with van der Waals surface area (Å²) in [5.41, 5.74) is 1.94. The number of hydrogen-bond donors (Lipinski definition) is 0. The zero-order valence-corrected chi connectivity index (χ0v) is 17.8. The number of aromatic nitrogens is 2. The van der Waals surface area contributed by atoms with Crippen molar-refractivity contribution in [3.63, 3.8) is 0 Å². The number of carbonyl (C=O) groups is 1. The normalized spacial score (nSPS) is 16.7. The van der Waals surface area contributed by atoms with Gasteiger partial charge in [-0.05, 0) is 42.7 Å². The molecule has 3 heterocycles. The fraction of sp³-hybridized carbons (Fsp3) is 0.148. The molecule has 2 aliphatic rings. The third-order valence-corrected chi connectivity index (χ3v) is 6.56. The van der Waals surface area contributed by atoms with Gasteiger partial charge < -0.3 is 10.0 Å². The molecule has 4 aromatic rings. The molecule has 0 bridgehead atoms. The van der Waals surface area contributed by atoms with Crippen LogP contribution in [0.2, 0.25) is 0 Å². The molecular weight excluding hydrogens is 414 g/mol. The first-order chi connectivity index (χ1) is 16.2. The summed E-state index contributed by atoms with van der Waals surface area (Å²) in [7, 11) is 0. The van der Waals surface area contributed by atoms with E-state index < -0.39 is 5.88 Å². The Bertz CT molecular complexity index is 1450. The SMILES string of the molecule is O=C1c2ccccc2-[n+]2c([O-])c(-c3ccccc3)c(=O)n(-c3ccccc3)c2[C@@H]2CCCN12. The summed E-state index contributed by atoms with van der Waals surface area (Å²) in [6.07, 6.45) is 1.51. The fourth-order valence-electron chi connectivity index (χ4n) is 5.11. The van der Waals surface area contributed by atoms with Gasteiger partial charge in [-0.3, -0.25) is 4.79 Å². The number of fused-ring (bicyclic) bond motifs is 5. The molecule has 1 saturated heterocycles. The topological polar surface area (TPSA) is 69.2 Å². The van der Waals surface area contributed by atoms with Crippen LogP contribution in [0.3, 0.4) is 0 Å². The number of amides is 1. The molecule has 6 rings (SSSR count). The monoisotopic (exact) mass is 435 g/mol. The van der Waals surface area contributed by atoms with Crippen molar-refractivity contribution in [3.05, 3.63) is 107 Å². The van der Waals surface area contributed by atoms with E-state index in [1.165, 1.54) is 0 Å². The van der Waals surface area contributed by atoms with Gasteiger partial charge in [-0.2, -0.15) is 4.57 Å². The van der Waals surface area contributed by atoms with E-state index in [4.69, 9.17) is 0 Å². The molecule has 0 aliphatic carbocycles. The van der Waals surface area contributed by atoms with Crippen LogP contribution in [0.4, 0.5) is 0 Å². The average Bonchev–Trinajstić information content (AvgIpc) is 3.31. The van der Waals surface area contributed by atoms with Gasteiger partial charge in [0.1, 0.15) is 23.0 Å². The van der Waals surface area contributed by atoms with E-state index in [0.29, 0.717) is 41.3 Å². The summed E-state index contributed by atoms with van der Waals surface area (Å²) >= 11 is 0. The van der Waals surface area contributed by atoms with E-state index in [1.807, 2.05) is 60.7 Å². The average molecular weight is 435 g/mol. The minimum atomic E-state index is -0.401. The maximum atomic E-state index is 14.0. The van der Waals surface area contributed by atoms with Crippen LogP contribution >= 0.6 is 0 Å². The molecule has 3 aromatic carbocycles. The van der Waals surface area contributed by atoms with Crippen LogP contribution in [0.5, 0.6) is 5.88 Å². The van der Waals surface area contributed by atoms with Crippen molar-refractivity contribution in [2.24, 2.45) is 0 Å². The lowest BCUT2D eigenvalue weighted by molar-refractivity contribution is -0.662. The lowest BCUT2D eigenvalue weighted by atomic mass is 10.1. The van der Waals surface area contributed by atoms with Gasteiger partial charge in [0.25, 0.3) is 11.7 Å². The number of hydrogen-bond acceptors (Lipinski definition) is 3. The van der Waals surface area contributed by atoms with Crippen LogP contribution in [0, 0.1) is 0 Å². The van der Waals surface area contributed by atoms with Crippen molar-refractivity contribution in [3.8, 4) is 28.4 Å². The van der Waals surface area contributed by atoms with Crippen LogP contribution < -0.4 is 15.2 Å². The lowest BCUT2D eigenvalue weighted by Gasteiger charge is -2.24. The van der Waals surface area contributed by atoms with E-state index in [-0.39, 0.29) is 23.1 Å². The molecule has 6 nitrogen and oxygen atoms in total. The number of carbonyl (C=O) groups excluding carboxylic acids is 1. The molecule has 2 aliphatic heterocycles. The van der Waals surface area contributed by atoms with E-state index in [1.54, 1.807) is 38.3 Å². The molecule has 0 N–H and O–H groups in total. The highest BCUT2D eigenvalue weighted by molar-refractivity contribution is 5.97. The Kier molecular flexibility index (Phi) is 4.40. The van der Waals surface area contributed by atoms with Crippen LogP contribution in [-0.2, 0) is 0 Å². The third kappa shape index (κ3) is 2.84. The van der Waals surface area contributed by atoms with Gasteiger partial charge >= 0.3 is 5.56 Å². The zero-order valence-electron chi connectivity index (χ0n) is 17.8. The zero-order chi connectivity index (χ0) is 22.5. The lowest BCUT2D eigenvalue weighted by Crippen LogP contribution is -2.48. The van der Waals surface area contributed by atoms with Gasteiger partial charge in [0.05, 0.1) is 11.4 Å². The molecular formula is C27H21N3O3. The summed E-state index contributed by atoms with van der Waals surface area (Å²) in [6.45, 7) is 0.593. The van der Waals surface area contributed by atoms with Crippen LogP contribution in [0.25, 0.3) is 22.5 Å². The van der Waals surface area contributed by atoms with E-state index in [9.17, 15) is 14.7 Å². The first-order valence-electron chi connectivity index (χ1n) is 11.1. The summed E-state index contributed by atoms with van der Waals surface area (Å²) < 4.78 is 3.22. The Morgan fingerprint density at radius 3 is 2.27 bits per heavy atom.